The maximum absolute atomic E-state index is 12.1. The highest BCUT2D eigenvalue weighted by Crippen LogP contribution is 2.30. The van der Waals surface area contributed by atoms with Gasteiger partial charge in [0.1, 0.15) is 5.75 Å². The lowest BCUT2D eigenvalue weighted by Gasteiger charge is -2.25. The minimum absolute atomic E-state index is 0.0467. The van der Waals surface area contributed by atoms with Crippen molar-refractivity contribution in [2.75, 3.05) is 10.6 Å². The van der Waals surface area contributed by atoms with Gasteiger partial charge in [-0.15, -0.1) is 0 Å². The van der Waals surface area contributed by atoms with Gasteiger partial charge in [0.25, 0.3) is 5.91 Å². The number of rotatable bonds is 3. The molecule has 0 saturated carbocycles. The molecule has 1 aliphatic heterocycles. The highest BCUT2D eigenvalue weighted by Gasteiger charge is 2.29. The van der Waals surface area contributed by atoms with Crippen LogP contribution in [0.4, 0.5) is 11.4 Å². The second-order valence-electron chi connectivity index (χ2n) is 5.04. The predicted octanol–water partition coefficient (Wildman–Crippen LogP) is 2.49. The second-order valence-corrected chi connectivity index (χ2v) is 6.02. The highest BCUT2D eigenvalue weighted by atomic mass is 32.1. The molecule has 114 valence electrons. The topological polar surface area (TPSA) is 80.3 Å². The summed E-state index contributed by atoms with van der Waals surface area (Å²) >= 11 is 1.34. The third-order valence-electron chi connectivity index (χ3n) is 3.38. The predicted molar refractivity (Wildman–Crippen MR) is 84.3 cm³/mol. The summed E-state index contributed by atoms with van der Waals surface area (Å²) in [6.45, 7) is 3.72. The molecule has 2 aromatic rings. The van der Waals surface area contributed by atoms with E-state index in [2.05, 4.69) is 15.0 Å². The number of para-hydroxylation sites is 2. The van der Waals surface area contributed by atoms with Crippen LogP contribution in [0.5, 0.6) is 5.75 Å². The molecule has 0 bridgehead atoms. The average Bonchev–Trinajstić information content (AvgIpc) is 2.80. The fourth-order valence-corrected chi connectivity index (χ4v) is 2.90. The molecule has 22 heavy (non-hydrogen) atoms. The Kier molecular flexibility index (Phi) is 3.81. The van der Waals surface area contributed by atoms with E-state index in [1.165, 1.54) is 11.5 Å². The van der Waals surface area contributed by atoms with E-state index in [1.807, 2.05) is 26.0 Å². The molecule has 0 saturated heterocycles. The van der Waals surface area contributed by atoms with Gasteiger partial charge in [-0.3, -0.25) is 9.59 Å². The van der Waals surface area contributed by atoms with Gasteiger partial charge < -0.3 is 15.4 Å². The van der Waals surface area contributed by atoms with E-state index in [0.29, 0.717) is 17.1 Å². The maximum Gasteiger partial charge on any atom is 0.266 e. The van der Waals surface area contributed by atoms with Crippen LogP contribution in [-0.4, -0.2) is 22.3 Å². The lowest BCUT2D eigenvalue weighted by Crippen LogP contribution is -2.39. The zero-order chi connectivity index (χ0) is 15.7. The van der Waals surface area contributed by atoms with Gasteiger partial charge in [-0.1, -0.05) is 12.1 Å². The van der Waals surface area contributed by atoms with Crippen molar-refractivity contribution < 1.29 is 14.3 Å². The van der Waals surface area contributed by atoms with Crippen LogP contribution in [0.25, 0.3) is 0 Å². The molecule has 0 radical (unpaired) electrons. The van der Waals surface area contributed by atoms with E-state index in [4.69, 9.17) is 4.74 Å². The van der Waals surface area contributed by atoms with E-state index >= 15 is 0 Å². The number of hydrogen-bond donors (Lipinski definition) is 2. The number of carbonyl (C=O) groups is 2. The number of aromatic nitrogens is 1. The molecular weight excluding hydrogens is 302 g/mol. The molecule has 2 heterocycles. The van der Waals surface area contributed by atoms with Gasteiger partial charge in [0.05, 0.1) is 23.5 Å². The molecule has 0 fully saturated rings. The first kappa shape index (κ1) is 14.5. The highest BCUT2D eigenvalue weighted by molar-refractivity contribution is 7.06. The van der Waals surface area contributed by atoms with Gasteiger partial charge >= 0.3 is 0 Å². The number of benzene rings is 1. The summed E-state index contributed by atoms with van der Waals surface area (Å²) in [5.74, 6) is -0.0128. The lowest BCUT2D eigenvalue weighted by molar-refractivity contribution is -0.128. The van der Waals surface area contributed by atoms with Gasteiger partial charge in [0.15, 0.2) is 6.10 Å². The number of anilines is 2. The van der Waals surface area contributed by atoms with Crippen LogP contribution in [0.3, 0.4) is 0 Å². The Hall–Kier alpha value is -2.41. The molecule has 1 unspecified atom stereocenters. The lowest BCUT2D eigenvalue weighted by atomic mass is 10.1. The number of hydrogen-bond acceptors (Lipinski definition) is 5. The van der Waals surface area contributed by atoms with Crippen molar-refractivity contribution in [2.24, 2.45) is 0 Å². The number of nitrogens with one attached hydrogen (secondary N) is 2. The Morgan fingerprint density at radius 2 is 2.18 bits per heavy atom. The molecule has 1 aromatic carbocycles. The third-order valence-corrected chi connectivity index (χ3v) is 4.22. The number of carbonyl (C=O) groups excluding carboxylic acids is 2. The average molecular weight is 317 g/mol. The Balaban J connectivity index is 1.69. The Bertz CT molecular complexity index is 722. The number of nitrogens with zero attached hydrogens (tertiary/aromatic N) is 1. The van der Waals surface area contributed by atoms with E-state index in [-0.39, 0.29) is 18.2 Å². The summed E-state index contributed by atoms with van der Waals surface area (Å²) in [6.07, 6.45) is -0.878. The van der Waals surface area contributed by atoms with Gasteiger partial charge in [0.2, 0.25) is 5.91 Å². The molecular formula is C15H15N3O3S. The normalized spacial score (nSPS) is 16.5. The molecule has 2 amide bonds. The van der Waals surface area contributed by atoms with E-state index in [9.17, 15) is 9.59 Å². The summed E-state index contributed by atoms with van der Waals surface area (Å²) in [5, 5.41) is 5.54. The fourth-order valence-electron chi connectivity index (χ4n) is 2.25. The van der Waals surface area contributed by atoms with Crippen molar-refractivity contribution in [3.63, 3.8) is 0 Å². The van der Waals surface area contributed by atoms with E-state index in [1.54, 1.807) is 12.1 Å². The first-order valence-electron chi connectivity index (χ1n) is 6.84. The largest absolute Gasteiger partial charge is 0.478 e. The first-order chi connectivity index (χ1) is 10.5. The zero-order valence-electron chi connectivity index (χ0n) is 12.2. The number of aryl methyl sites for hydroxylation is 2. The van der Waals surface area contributed by atoms with Crippen molar-refractivity contribution in [3.8, 4) is 5.75 Å². The zero-order valence-corrected chi connectivity index (χ0v) is 13.0. The van der Waals surface area contributed by atoms with Crippen LogP contribution in [0.15, 0.2) is 24.3 Å². The minimum Gasteiger partial charge on any atom is -0.478 e. The quantitative estimate of drug-likeness (QED) is 0.911. The molecule has 3 rings (SSSR count). The van der Waals surface area contributed by atoms with Crippen LogP contribution >= 0.6 is 11.5 Å². The van der Waals surface area contributed by atoms with Gasteiger partial charge in [-0.2, -0.15) is 4.37 Å². The summed E-state index contributed by atoms with van der Waals surface area (Å²) in [5.41, 5.74) is 2.11. The first-order valence-corrected chi connectivity index (χ1v) is 7.61. The summed E-state index contributed by atoms with van der Waals surface area (Å²) < 4.78 is 9.79. The van der Waals surface area contributed by atoms with Crippen molar-refractivity contribution >= 4 is 34.7 Å². The number of fused-ring (bicyclic) bond motifs is 1. The third kappa shape index (κ3) is 2.80. The van der Waals surface area contributed by atoms with Crippen LogP contribution in [0, 0.1) is 13.8 Å². The molecule has 2 N–H and O–H groups in total. The van der Waals surface area contributed by atoms with Gasteiger partial charge in [-0.25, -0.2) is 0 Å². The standard InChI is InChI=1S/C15H15N3O3S/c1-8-14(9(2)22-18-8)17-13(19)7-12-15(20)16-10-5-3-4-6-11(10)21-12/h3-6,12H,7H2,1-2H3,(H,16,20)(H,17,19). The molecule has 7 heteroatoms. The molecule has 1 aliphatic rings. The molecule has 1 atom stereocenters. The SMILES string of the molecule is Cc1nsc(C)c1NC(=O)CC1Oc2ccccc2NC1=O. The Morgan fingerprint density at radius 3 is 2.91 bits per heavy atom. The van der Waals surface area contributed by atoms with Crippen molar-refractivity contribution in [1.82, 2.24) is 4.37 Å². The van der Waals surface area contributed by atoms with Crippen molar-refractivity contribution in [3.05, 3.63) is 34.8 Å². The minimum atomic E-state index is -0.831. The van der Waals surface area contributed by atoms with E-state index in [0.717, 1.165) is 10.6 Å². The number of amides is 2. The number of ether oxygens (including phenoxy) is 1. The van der Waals surface area contributed by atoms with Crippen LogP contribution in [0.2, 0.25) is 0 Å². The summed E-state index contributed by atoms with van der Waals surface area (Å²) in [6, 6.07) is 7.14. The molecule has 0 spiro atoms. The van der Waals surface area contributed by atoms with Crippen LogP contribution < -0.4 is 15.4 Å². The Morgan fingerprint density at radius 1 is 1.41 bits per heavy atom. The van der Waals surface area contributed by atoms with Crippen LogP contribution in [-0.2, 0) is 9.59 Å². The van der Waals surface area contributed by atoms with Crippen molar-refractivity contribution in [2.45, 2.75) is 26.4 Å². The second kappa shape index (κ2) is 5.76. The Labute approximate surface area is 131 Å². The van der Waals surface area contributed by atoms with Gasteiger partial charge in [0, 0.05) is 4.88 Å². The summed E-state index contributed by atoms with van der Waals surface area (Å²) in [4.78, 5) is 25.1. The summed E-state index contributed by atoms with van der Waals surface area (Å²) in [7, 11) is 0. The molecule has 1 aromatic heterocycles. The molecule has 0 aliphatic carbocycles. The smallest absolute Gasteiger partial charge is 0.266 e. The fraction of sp³-hybridized carbons (Fsp3) is 0.267. The van der Waals surface area contributed by atoms with E-state index < -0.39 is 6.10 Å². The van der Waals surface area contributed by atoms with Gasteiger partial charge in [-0.05, 0) is 37.5 Å². The molecule has 6 nitrogen and oxygen atoms in total. The van der Waals surface area contributed by atoms with Crippen molar-refractivity contribution in [1.29, 1.82) is 0 Å². The maximum atomic E-state index is 12.1. The monoisotopic (exact) mass is 317 g/mol. The van der Waals surface area contributed by atoms with Crippen LogP contribution in [0.1, 0.15) is 17.0 Å².